The summed E-state index contributed by atoms with van der Waals surface area (Å²) in [5.41, 5.74) is 8.07. The first-order valence-electron chi connectivity index (χ1n) is 5.75. The Morgan fingerprint density at radius 2 is 2.06 bits per heavy atom. The molecular formula is C13H18N2O. The van der Waals surface area contributed by atoms with E-state index in [0.29, 0.717) is 18.9 Å². The van der Waals surface area contributed by atoms with Gasteiger partial charge in [-0.15, -0.1) is 0 Å². The van der Waals surface area contributed by atoms with Crippen molar-refractivity contribution in [2.45, 2.75) is 25.8 Å². The van der Waals surface area contributed by atoms with Crippen LogP contribution < -0.4 is 11.1 Å². The molecule has 1 amide bonds. The van der Waals surface area contributed by atoms with Gasteiger partial charge in [0.2, 0.25) is 5.91 Å². The fourth-order valence-corrected chi connectivity index (χ4v) is 2.19. The van der Waals surface area contributed by atoms with Crippen molar-refractivity contribution in [1.29, 1.82) is 0 Å². The summed E-state index contributed by atoms with van der Waals surface area (Å²) in [4.78, 5) is 11.5. The molecule has 1 aliphatic rings. The number of nitrogens with two attached hydrogens (primary N) is 1. The van der Waals surface area contributed by atoms with Crippen LogP contribution in [0.4, 0.5) is 0 Å². The molecule has 3 heteroatoms. The van der Waals surface area contributed by atoms with Crippen LogP contribution in [0.25, 0.3) is 0 Å². The van der Waals surface area contributed by atoms with Crippen LogP contribution in [-0.4, -0.2) is 12.5 Å². The minimum atomic E-state index is 0.118. The lowest BCUT2D eigenvalue weighted by Gasteiger charge is -2.29. The van der Waals surface area contributed by atoms with Crippen LogP contribution in [0.3, 0.4) is 0 Å². The molecule has 16 heavy (non-hydrogen) atoms. The molecule has 0 saturated carbocycles. The zero-order chi connectivity index (χ0) is 11.5. The molecule has 1 heterocycles. The molecular weight excluding hydrogens is 200 g/mol. The Bertz CT molecular complexity index is 372. The summed E-state index contributed by atoms with van der Waals surface area (Å²) >= 11 is 0. The third-order valence-electron chi connectivity index (χ3n) is 3.19. The predicted octanol–water partition coefficient (Wildman–Crippen LogP) is 1.52. The maximum absolute atomic E-state index is 11.5. The molecule has 3 nitrogen and oxygen atoms in total. The monoisotopic (exact) mass is 218 g/mol. The number of hydrogen-bond acceptors (Lipinski definition) is 2. The first-order chi connectivity index (χ1) is 7.69. The smallest absolute Gasteiger partial charge is 0.220 e. The fourth-order valence-electron chi connectivity index (χ4n) is 2.19. The van der Waals surface area contributed by atoms with Crippen molar-refractivity contribution >= 4 is 5.91 Å². The third-order valence-corrected chi connectivity index (χ3v) is 3.19. The Morgan fingerprint density at radius 1 is 1.38 bits per heavy atom. The van der Waals surface area contributed by atoms with Crippen LogP contribution in [0.15, 0.2) is 24.3 Å². The molecule has 0 bridgehead atoms. The molecule has 86 valence electrons. The molecule has 0 aromatic heterocycles. The van der Waals surface area contributed by atoms with Crippen molar-refractivity contribution < 1.29 is 4.79 Å². The molecule has 2 rings (SSSR count). The molecule has 1 saturated heterocycles. The van der Waals surface area contributed by atoms with Gasteiger partial charge < -0.3 is 11.1 Å². The molecule has 1 fully saturated rings. The van der Waals surface area contributed by atoms with Crippen molar-refractivity contribution in [3.05, 3.63) is 35.4 Å². The van der Waals surface area contributed by atoms with Gasteiger partial charge in [0.15, 0.2) is 0 Å². The van der Waals surface area contributed by atoms with Gasteiger partial charge in [0.05, 0.1) is 6.04 Å². The van der Waals surface area contributed by atoms with E-state index >= 15 is 0 Å². The Balaban J connectivity index is 2.14. The van der Waals surface area contributed by atoms with E-state index in [1.54, 1.807) is 0 Å². The normalized spacial score (nSPS) is 25.2. The standard InChI is InChI=1S/C13H18N2O/c1-9-2-4-11(5-3-9)12-6-10(8-14)7-13(16)15-12/h2-5,10,12H,6-8,14H2,1H3,(H,15,16). The number of rotatable bonds is 2. The van der Waals surface area contributed by atoms with E-state index in [1.807, 2.05) is 0 Å². The van der Waals surface area contributed by atoms with Gasteiger partial charge in [0, 0.05) is 6.42 Å². The Labute approximate surface area is 96.0 Å². The van der Waals surface area contributed by atoms with Crippen LogP contribution >= 0.6 is 0 Å². The molecule has 1 aromatic carbocycles. The lowest BCUT2D eigenvalue weighted by molar-refractivity contribution is -0.124. The molecule has 0 radical (unpaired) electrons. The second-order valence-electron chi connectivity index (χ2n) is 4.57. The van der Waals surface area contributed by atoms with Crippen molar-refractivity contribution in [2.75, 3.05) is 6.54 Å². The fraction of sp³-hybridized carbons (Fsp3) is 0.462. The lowest BCUT2D eigenvalue weighted by Crippen LogP contribution is -2.39. The van der Waals surface area contributed by atoms with Gasteiger partial charge >= 0.3 is 0 Å². The molecule has 3 N–H and O–H groups in total. The number of hydrogen-bond donors (Lipinski definition) is 2. The summed E-state index contributed by atoms with van der Waals surface area (Å²) in [7, 11) is 0. The van der Waals surface area contributed by atoms with Gasteiger partial charge in [-0.05, 0) is 31.4 Å². The van der Waals surface area contributed by atoms with Gasteiger partial charge in [-0.3, -0.25) is 4.79 Å². The largest absolute Gasteiger partial charge is 0.349 e. The maximum atomic E-state index is 11.5. The average molecular weight is 218 g/mol. The van der Waals surface area contributed by atoms with Crippen LogP contribution in [-0.2, 0) is 4.79 Å². The number of amides is 1. The van der Waals surface area contributed by atoms with Crippen LogP contribution in [0, 0.1) is 12.8 Å². The zero-order valence-corrected chi connectivity index (χ0v) is 9.57. The first kappa shape index (κ1) is 11.1. The molecule has 0 spiro atoms. The van der Waals surface area contributed by atoms with E-state index < -0.39 is 0 Å². The van der Waals surface area contributed by atoms with Crippen LogP contribution in [0.1, 0.15) is 30.0 Å². The van der Waals surface area contributed by atoms with E-state index in [9.17, 15) is 4.79 Å². The first-order valence-corrected chi connectivity index (χ1v) is 5.75. The summed E-state index contributed by atoms with van der Waals surface area (Å²) in [5.74, 6) is 0.437. The van der Waals surface area contributed by atoms with Crippen LogP contribution in [0.5, 0.6) is 0 Å². The van der Waals surface area contributed by atoms with Gasteiger partial charge in [0.25, 0.3) is 0 Å². The van der Waals surface area contributed by atoms with E-state index in [1.165, 1.54) is 11.1 Å². The van der Waals surface area contributed by atoms with E-state index in [2.05, 4.69) is 36.5 Å². The van der Waals surface area contributed by atoms with Crippen molar-refractivity contribution in [3.63, 3.8) is 0 Å². The Hall–Kier alpha value is -1.35. The number of benzene rings is 1. The summed E-state index contributed by atoms with van der Waals surface area (Å²) in [5, 5.41) is 3.02. The van der Waals surface area contributed by atoms with Crippen molar-refractivity contribution in [3.8, 4) is 0 Å². The molecule has 2 unspecified atom stereocenters. The number of aryl methyl sites for hydroxylation is 1. The summed E-state index contributed by atoms with van der Waals surface area (Å²) in [6.45, 7) is 2.65. The molecule has 1 aliphatic heterocycles. The SMILES string of the molecule is Cc1ccc(C2CC(CN)CC(=O)N2)cc1. The summed E-state index contributed by atoms with van der Waals surface area (Å²) in [6.07, 6.45) is 1.52. The number of carbonyl (C=O) groups excluding carboxylic acids is 1. The Kier molecular flexibility index (Phi) is 3.25. The van der Waals surface area contributed by atoms with Gasteiger partial charge in [0.1, 0.15) is 0 Å². The highest BCUT2D eigenvalue weighted by molar-refractivity contribution is 5.77. The second-order valence-corrected chi connectivity index (χ2v) is 4.57. The highest BCUT2D eigenvalue weighted by atomic mass is 16.1. The molecule has 2 atom stereocenters. The van der Waals surface area contributed by atoms with Crippen molar-refractivity contribution in [2.24, 2.45) is 11.7 Å². The quantitative estimate of drug-likeness (QED) is 0.790. The third kappa shape index (κ3) is 2.42. The zero-order valence-electron chi connectivity index (χ0n) is 9.57. The van der Waals surface area contributed by atoms with Gasteiger partial charge in [-0.1, -0.05) is 29.8 Å². The summed E-state index contributed by atoms with van der Waals surface area (Å²) in [6, 6.07) is 8.45. The maximum Gasteiger partial charge on any atom is 0.220 e. The van der Waals surface area contributed by atoms with Gasteiger partial charge in [-0.25, -0.2) is 0 Å². The highest BCUT2D eigenvalue weighted by Crippen LogP contribution is 2.27. The molecule has 1 aromatic rings. The van der Waals surface area contributed by atoms with E-state index in [0.717, 1.165) is 6.42 Å². The number of nitrogens with one attached hydrogen (secondary N) is 1. The molecule has 0 aliphatic carbocycles. The Morgan fingerprint density at radius 3 is 2.69 bits per heavy atom. The average Bonchev–Trinajstić information content (AvgIpc) is 2.29. The topological polar surface area (TPSA) is 55.1 Å². The van der Waals surface area contributed by atoms with Crippen LogP contribution in [0.2, 0.25) is 0 Å². The van der Waals surface area contributed by atoms with Gasteiger partial charge in [-0.2, -0.15) is 0 Å². The lowest BCUT2D eigenvalue weighted by atomic mass is 9.88. The van der Waals surface area contributed by atoms with Crippen molar-refractivity contribution in [1.82, 2.24) is 5.32 Å². The van der Waals surface area contributed by atoms with E-state index in [4.69, 9.17) is 5.73 Å². The minimum absolute atomic E-state index is 0.118. The predicted molar refractivity (Wildman–Crippen MR) is 63.8 cm³/mol. The second kappa shape index (κ2) is 4.66. The highest BCUT2D eigenvalue weighted by Gasteiger charge is 2.26. The van der Waals surface area contributed by atoms with E-state index in [-0.39, 0.29) is 11.9 Å². The summed E-state index contributed by atoms with van der Waals surface area (Å²) < 4.78 is 0. The number of piperidine rings is 1. The number of carbonyl (C=O) groups is 1. The minimum Gasteiger partial charge on any atom is -0.349 e.